The third kappa shape index (κ3) is 2.16. The van der Waals surface area contributed by atoms with E-state index in [1.54, 1.807) is 0 Å². The van der Waals surface area contributed by atoms with E-state index in [9.17, 15) is 9.59 Å². The summed E-state index contributed by atoms with van der Waals surface area (Å²) in [5, 5.41) is 4.67. The summed E-state index contributed by atoms with van der Waals surface area (Å²) in [6.45, 7) is 3.42. The van der Waals surface area contributed by atoms with Gasteiger partial charge in [0.25, 0.3) is 0 Å². The lowest BCUT2D eigenvalue weighted by atomic mass is 10.6. The number of H-pyrrole nitrogens is 2. The summed E-state index contributed by atoms with van der Waals surface area (Å²) in [5.41, 5.74) is -1.52. The minimum Gasteiger partial charge on any atom is -0.274 e. The van der Waals surface area contributed by atoms with Crippen molar-refractivity contribution in [1.29, 1.82) is 0 Å². The van der Waals surface area contributed by atoms with Gasteiger partial charge in [-0.3, -0.25) is 24.4 Å². The van der Waals surface area contributed by atoms with Crippen LogP contribution in [0.25, 0.3) is 0 Å². The van der Waals surface area contributed by atoms with Gasteiger partial charge in [0, 0.05) is 5.03 Å². The predicted octanol–water partition coefficient (Wildman–Crippen LogP) is 0.347. The van der Waals surface area contributed by atoms with E-state index >= 15 is 0 Å². The molecular formula is C6H6ClN3O2S. The summed E-state index contributed by atoms with van der Waals surface area (Å²) < 4.78 is 1.13. The van der Waals surface area contributed by atoms with Crippen LogP contribution >= 0.6 is 23.8 Å². The summed E-state index contributed by atoms with van der Waals surface area (Å²) >= 11 is 10.2. The van der Waals surface area contributed by atoms with E-state index in [2.05, 4.69) is 16.8 Å². The van der Waals surface area contributed by atoms with Crippen molar-refractivity contribution in [3.8, 4) is 0 Å². The first-order valence-corrected chi connectivity index (χ1v) is 4.06. The van der Waals surface area contributed by atoms with Gasteiger partial charge in [-0.05, 0) is 12.2 Å². The maximum Gasteiger partial charge on any atom is 0.328 e. The van der Waals surface area contributed by atoms with Crippen LogP contribution in [0, 0.1) is 4.77 Å². The van der Waals surface area contributed by atoms with Gasteiger partial charge in [-0.2, -0.15) is 0 Å². The average Bonchev–Trinajstić information content (AvgIpc) is 2.05. The molecule has 0 saturated heterocycles. The Morgan fingerprint density at radius 2 is 2.15 bits per heavy atom. The van der Waals surface area contributed by atoms with E-state index in [1.807, 2.05) is 0 Å². The zero-order valence-electron chi connectivity index (χ0n) is 6.46. The van der Waals surface area contributed by atoms with Gasteiger partial charge in [-0.15, -0.1) is 0 Å². The number of allylic oxidation sites excluding steroid dienone is 1. The van der Waals surface area contributed by atoms with Crippen molar-refractivity contribution in [2.75, 3.05) is 0 Å². The Hall–Kier alpha value is -1.14. The molecule has 5 nitrogen and oxygen atoms in total. The van der Waals surface area contributed by atoms with Crippen LogP contribution in [-0.2, 0) is 6.54 Å². The second-order valence-corrected chi connectivity index (χ2v) is 3.21. The van der Waals surface area contributed by atoms with Crippen LogP contribution in [0.4, 0.5) is 0 Å². The molecule has 7 heteroatoms. The zero-order valence-corrected chi connectivity index (χ0v) is 8.04. The molecule has 0 unspecified atom stereocenters. The van der Waals surface area contributed by atoms with Crippen molar-refractivity contribution in [2.24, 2.45) is 0 Å². The first-order chi connectivity index (χ1) is 6.02. The smallest absolute Gasteiger partial charge is 0.274 e. The third-order valence-electron chi connectivity index (χ3n) is 1.30. The Balaban J connectivity index is 3.44. The van der Waals surface area contributed by atoms with E-state index in [4.69, 9.17) is 23.8 Å². The highest BCUT2D eigenvalue weighted by atomic mass is 35.5. The van der Waals surface area contributed by atoms with E-state index in [0.29, 0.717) is 0 Å². The molecule has 0 amide bonds. The molecule has 0 radical (unpaired) electrons. The summed E-state index contributed by atoms with van der Waals surface area (Å²) in [6.07, 6.45) is 0. The number of nitrogens with one attached hydrogen (secondary N) is 2. The van der Waals surface area contributed by atoms with E-state index in [-0.39, 0.29) is 16.3 Å². The minimum absolute atomic E-state index is 0.0274. The quantitative estimate of drug-likeness (QED) is 0.557. The lowest BCUT2D eigenvalue weighted by Gasteiger charge is -2.01. The van der Waals surface area contributed by atoms with E-state index in [0.717, 1.165) is 4.57 Å². The highest BCUT2D eigenvalue weighted by Crippen LogP contribution is 1.98. The molecule has 0 aliphatic rings. The van der Waals surface area contributed by atoms with Gasteiger partial charge in [0.2, 0.25) is 0 Å². The van der Waals surface area contributed by atoms with Crippen molar-refractivity contribution in [3.05, 3.63) is 37.1 Å². The number of rotatable bonds is 2. The fraction of sp³-hybridized carbons (Fsp3) is 0.167. The van der Waals surface area contributed by atoms with Gasteiger partial charge in [0.05, 0.1) is 6.54 Å². The van der Waals surface area contributed by atoms with Gasteiger partial charge >= 0.3 is 11.1 Å². The monoisotopic (exact) mass is 219 g/mol. The number of hydrogen-bond donors (Lipinski definition) is 2. The second kappa shape index (κ2) is 3.71. The van der Waals surface area contributed by atoms with Crippen molar-refractivity contribution < 1.29 is 0 Å². The molecule has 0 spiro atoms. The summed E-state index contributed by atoms with van der Waals surface area (Å²) in [7, 11) is 0. The molecule has 0 saturated carbocycles. The first kappa shape index (κ1) is 9.94. The molecule has 1 rings (SSSR count). The van der Waals surface area contributed by atoms with Gasteiger partial charge in [-0.1, -0.05) is 18.2 Å². The van der Waals surface area contributed by atoms with E-state index < -0.39 is 11.1 Å². The second-order valence-electron chi connectivity index (χ2n) is 2.29. The summed E-state index contributed by atoms with van der Waals surface area (Å²) in [5.74, 6) is 0. The van der Waals surface area contributed by atoms with Crippen molar-refractivity contribution in [1.82, 2.24) is 14.8 Å². The molecule has 0 atom stereocenters. The highest BCUT2D eigenvalue weighted by molar-refractivity contribution is 7.71. The zero-order chi connectivity index (χ0) is 10.0. The SMILES string of the molecule is C=C(Cl)Cn1c(=S)[nH][nH]c(=O)c1=O. The molecule has 0 aliphatic carbocycles. The summed E-state index contributed by atoms with van der Waals surface area (Å²) in [6, 6.07) is 0. The number of aromatic amines is 2. The van der Waals surface area contributed by atoms with E-state index in [1.165, 1.54) is 0 Å². The van der Waals surface area contributed by atoms with Gasteiger partial charge in [-0.25, -0.2) is 0 Å². The van der Waals surface area contributed by atoms with Crippen LogP contribution in [-0.4, -0.2) is 14.8 Å². The fourth-order valence-corrected chi connectivity index (χ4v) is 1.08. The maximum atomic E-state index is 11.2. The fourth-order valence-electron chi connectivity index (χ4n) is 0.761. The largest absolute Gasteiger partial charge is 0.328 e. The molecular weight excluding hydrogens is 214 g/mol. The van der Waals surface area contributed by atoms with Gasteiger partial charge in [0.1, 0.15) is 0 Å². The Morgan fingerprint density at radius 1 is 1.54 bits per heavy atom. The lowest BCUT2D eigenvalue weighted by Crippen LogP contribution is -2.37. The molecule has 1 heterocycles. The third-order valence-corrected chi connectivity index (χ3v) is 1.74. The van der Waals surface area contributed by atoms with Crippen LogP contribution in [0.3, 0.4) is 0 Å². The van der Waals surface area contributed by atoms with Crippen molar-refractivity contribution in [3.63, 3.8) is 0 Å². The Kier molecular flexibility index (Phi) is 2.84. The van der Waals surface area contributed by atoms with Crippen molar-refractivity contribution in [2.45, 2.75) is 6.54 Å². The standard InChI is InChI=1S/C6H6ClN3O2S/c1-3(7)2-10-5(12)4(11)8-9-6(10)13/h1-2H2,(H,8,11)(H,9,13). The highest BCUT2D eigenvalue weighted by Gasteiger charge is 2.02. The number of hydrogen-bond acceptors (Lipinski definition) is 3. The van der Waals surface area contributed by atoms with Crippen molar-refractivity contribution >= 4 is 23.8 Å². The number of halogens is 1. The molecule has 0 aromatic carbocycles. The predicted molar refractivity (Wildman–Crippen MR) is 51.5 cm³/mol. The van der Waals surface area contributed by atoms with Gasteiger partial charge in [0.15, 0.2) is 4.77 Å². The van der Waals surface area contributed by atoms with Crippen LogP contribution in [0.5, 0.6) is 0 Å². The first-order valence-electron chi connectivity index (χ1n) is 3.27. The van der Waals surface area contributed by atoms with Crippen LogP contribution in [0.2, 0.25) is 0 Å². The molecule has 1 aromatic heterocycles. The lowest BCUT2D eigenvalue weighted by molar-refractivity contribution is 0.683. The molecule has 0 fully saturated rings. The Bertz CT molecular complexity index is 498. The Morgan fingerprint density at radius 3 is 2.69 bits per heavy atom. The summed E-state index contributed by atoms with van der Waals surface area (Å²) in [4.78, 5) is 22.0. The molecule has 13 heavy (non-hydrogen) atoms. The van der Waals surface area contributed by atoms with Crippen LogP contribution in [0.15, 0.2) is 21.2 Å². The molecule has 0 aliphatic heterocycles. The molecule has 70 valence electrons. The Labute approximate surface area is 82.7 Å². The average molecular weight is 220 g/mol. The van der Waals surface area contributed by atoms with Gasteiger partial charge < -0.3 is 0 Å². The minimum atomic E-state index is -0.772. The molecule has 2 N–H and O–H groups in total. The number of nitrogens with zero attached hydrogens (tertiary/aromatic N) is 1. The van der Waals surface area contributed by atoms with Crippen LogP contribution < -0.4 is 11.1 Å². The molecule has 1 aromatic rings. The number of aromatic nitrogens is 3. The van der Waals surface area contributed by atoms with Crippen LogP contribution in [0.1, 0.15) is 0 Å². The molecule has 0 bridgehead atoms. The normalized spacial score (nSPS) is 9.92. The maximum absolute atomic E-state index is 11.2. The topological polar surface area (TPSA) is 70.7 Å².